The van der Waals surface area contributed by atoms with Gasteiger partial charge in [0, 0.05) is 19.2 Å². The van der Waals surface area contributed by atoms with Crippen molar-refractivity contribution in [2.24, 2.45) is 11.3 Å². The van der Waals surface area contributed by atoms with E-state index in [0.717, 1.165) is 45.1 Å². The summed E-state index contributed by atoms with van der Waals surface area (Å²) in [5.74, 6) is -0.821. The molecular weight excluding hydrogens is 230 g/mol. The average Bonchev–Trinajstić information content (AvgIpc) is 2.34. The molecule has 1 aliphatic rings. The Bertz CT molecular complexity index is 266. The molecule has 0 amide bonds. The normalized spacial score (nSPS) is 25.1. The molecule has 4 nitrogen and oxygen atoms in total. The standard InChI is InChI=1S/C14H27NO3/c1-14(2,7-4-8-16)10-15-12-6-3-5-11(9-12)13(17)18/h11-12,15-16H,3-10H2,1-2H3,(H,17,18). The van der Waals surface area contributed by atoms with Crippen molar-refractivity contribution in [2.75, 3.05) is 13.2 Å². The Morgan fingerprint density at radius 1 is 1.39 bits per heavy atom. The molecule has 1 saturated carbocycles. The highest BCUT2D eigenvalue weighted by Crippen LogP contribution is 2.26. The molecule has 0 aromatic rings. The topological polar surface area (TPSA) is 69.6 Å². The van der Waals surface area contributed by atoms with Crippen LogP contribution in [0.1, 0.15) is 52.4 Å². The Morgan fingerprint density at radius 3 is 2.72 bits per heavy atom. The van der Waals surface area contributed by atoms with Gasteiger partial charge in [0.1, 0.15) is 0 Å². The van der Waals surface area contributed by atoms with E-state index in [1.165, 1.54) is 0 Å². The van der Waals surface area contributed by atoms with E-state index in [1.54, 1.807) is 0 Å². The Labute approximate surface area is 110 Å². The van der Waals surface area contributed by atoms with E-state index in [1.807, 2.05) is 0 Å². The van der Waals surface area contributed by atoms with E-state index in [0.29, 0.717) is 6.04 Å². The molecule has 0 aliphatic heterocycles. The minimum absolute atomic E-state index is 0.166. The number of carbonyl (C=O) groups is 1. The number of aliphatic hydroxyl groups excluding tert-OH is 1. The number of hydrogen-bond donors (Lipinski definition) is 3. The van der Waals surface area contributed by atoms with Crippen LogP contribution in [0.5, 0.6) is 0 Å². The summed E-state index contributed by atoms with van der Waals surface area (Å²) in [7, 11) is 0. The third-order valence-electron chi connectivity index (χ3n) is 3.90. The second-order valence-electron chi connectivity index (χ2n) is 6.27. The van der Waals surface area contributed by atoms with Crippen LogP contribution >= 0.6 is 0 Å². The van der Waals surface area contributed by atoms with Gasteiger partial charge in [-0.2, -0.15) is 0 Å². The first-order valence-corrected chi connectivity index (χ1v) is 7.01. The fraction of sp³-hybridized carbons (Fsp3) is 0.929. The van der Waals surface area contributed by atoms with E-state index < -0.39 is 5.97 Å². The van der Waals surface area contributed by atoms with E-state index in [2.05, 4.69) is 19.2 Å². The van der Waals surface area contributed by atoms with Crippen molar-refractivity contribution in [2.45, 2.75) is 58.4 Å². The Morgan fingerprint density at radius 2 is 2.11 bits per heavy atom. The highest BCUT2D eigenvalue weighted by molar-refractivity contribution is 5.70. The molecule has 0 bridgehead atoms. The molecule has 3 N–H and O–H groups in total. The van der Waals surface area contributed by atoms with Crippen LogP contribution in [0.2, 0.25) is 0 Å². The Kier molecular flexibility index (Phi) is 6.09. The van der Waals surface area contributed by atoms with Crippen LogP contribution in [0.15, 0.2) is 0 Å². The highest BCUT2D eigenvalue weighted by atomic mass is 16.4. The van der Waals surface area contributed by atoms with Gasteiger partial charge < -0.3 is 15.5 Å². The molecular formula is C14H27NO3. The summed E-state index contributed by atoms with van der Waals surface area (Å²) >= 11 is 0. The minimum Gasteiger partial charge on any atom is -0.481 e. The van der Waals surface area contributed by atoms with Gasteiger partial charge in [-0.3, -0.25) is 4.79 Å². The Balaban J connectivity index is 2.31. The number of nitrogens with one attached hydrogen (secondary N) is 1. The third kappa shape index (κ3) is 5.36. The number of carboxylic acids is 1. The maximum atomic E-state index is 11.0. The van der Waals surface area contributed by atoms with Gasteiger partial charge in [0.15, 0.2) is 0 Å². The molecule has 1 fully saturated rings. The molecule has 0 radical (unpaired) electrons. The van der Waals surface area contributed by atoms with Gasteiger partial charge in [0.05, 0.1) is 5.92 Å². The van der Waals surface area contributed by atoms with Crippen LogP contribution in [0.3, 0.4) is 0 Å². The first kappa shape index (κ1) is 15.4. The summed E-state index contributed by atoms with van der Waals surface area (Å²) in [6.45, 7) is 5.51. The van der Waals surface area contributed by atoms with E-state index in [9.17, 15) is 4.79 Å². The quantitative estimate of drug-likeness (QED) is 0.652. The molecule has 2 atom stereocenters. The zero-order valence-corrected chi connectivity index (χ0v) is 11.6. The summed E-state index contributed by atoms with van der Waals surface area (Å²) in [4.78, 5) is 11.0. The molecule has 1 aliphatic carbocycles. The predicted molar refractivity (Wildman–Crippen MR) is 71.5 cm³/mol. The van der Waals surface area contributed by atoms with Crippen molar-refractivity contribution in [1.29, 1.82) is 0 Å². The molecule has 0 aromatic carbocycles. The summed E-state index contributed by atoms with van der Waals surface area (Å²) in [5.41, 5.74) is 0.166. The van der Waals surface area contributed by atoms with Gasteiger partial charge in [-0.25, -0.2) is 0 Å². The molecule has 2 unspecified atom stereocenters. The monoisotopic (exact) mass is 257 g/mol. The second-order valence-corrected chi connectivity index (χ2v) is 6.27. The highest BCUT2D eigenvalue weighted by Gasteiger charge is 2.28. The molecule has 0 spiro atoms. The maximum absolute atomic E-state index is 11.0. The molecule has 0 saturated heterocycles. The lowest BCUT2D eigenvalue weighted by atomic mass is 9.83. The van der Waals surface area contributed by atoms with Crippen molar-refractivity contribution >= 4 is 5.97 Å². The van der Waals surface area contributed by atoms with Gasteiger partial charge >= 0.3 is 5.97 Å². The van der Waals surface area contributed by atoms with Gasteiger partial charge in [0.2, 0.25) is 0 Å². The average molecular weight is 257 g/mol. The van der Waals surface area contributed by atoms with Crippen LogP contribution in [0, 0.1) is 11.3 Å². The van der Waals surface area contributed by atoms with Crippen LogP contribution < -0.4 is 5.32 Å². The van der Waals surface area contributed by atoms with Crippen LogP contribution in [0.25, 0.3) is 0 Å². The molecule has 4 heteroatoms. The van der Waals surface area contributed by atoms with Crippen molar-refractivity contribution in [1.82, 2.24) is 5.32 Å². The summed E-state index contributed by atoms with van der Waals surface area (Å²) in [6, 6.07) is 0.341. The lowest BCUT2D eigenvalue weighted by molar-refractivity contribution is -0.143. The van der Waals surface area contributed by atoms with E-state index in [-0.39, 0.29) is 17.9 Å². The van der Waals surface area contributed by atoms with Crippen molar-refractivity contribution in [3.8, 4) is 0 Å². The van der Waals surface area contributed by atoms with Crippen LogP contribution in [-0.2, 0) is 4.79 Å². The number of aliphatic carboxylic acids is 1. The van der Waals surface area contributed by atoms with Gasteiger partial charge in [-0.15, -0.1) is 0 Å². The number of hydrogen-bond acceptors (Lipinski definition) is 3. The van der Waals surface area contributed by atoms with Gasteiger partial charge in [0.25, 0.3) is 0 Å². The fourth-order valence-corrected chi connectivity index (χ4v) is 2.67. The number of carboxylic acid groups (broad SMARTS) is 1. The maximum Gasteiger partial charge on any atom is 0.306 e. The van der Waals surface area contributed by atoms with Gasteiger partial charge in [-0.1, -0.05) is 20.3 Å². The zero-order chi connectivity index (χ0) is 13.6. The summed E-state index contributed by atoms with van der Waals surface area (Å²) in [5, 5.41) is 21.4. The fourth-order valence-electron chi connectivity index (χ4n) is 2.67. The van der Waals surface area contributed by atoms with E-state index >= 15 is 0 Å². The SMILES string of the molecule is CC(C)(CCCO)CNC1CCCC(C(=O)O)C1. The van der Waals surface area contributed by atoms with Crippen LogP contribution in [-0.4, -0.2) is 35.4 Å². The van der Waals surface area contributed by atoms with Crippen LogP contribution in [0.4, 0.5) is 0 Å². The van der Waals surface area contributed by atoms with Crippen molar-refractivity contribution < 1.29 is 15.0 Å². The second kappa shape index (κ2) is 7.10. The lowest BCUT2D eigenvalue weighted by Gasteiger charge is -2.32. The minimum atomic E-state index is -0.652. The first-order valence-electron chi connectivity index (χ1n) is 7.01. The molecule has 0 heterocycles. The summed E-state index contributed by atoms with van der Waals surface area (Å²) in [6.07, 6.45) is 5.49. The smallest absolute Gasteiger partial charge is 0.306 e. The zero-order valence-electron chi connectivity index (χ0n) is 11.6. The molecule has 18 heavy (non-hydrogen) atoms. The molecule has 1 rings (SSSR count). The van der Waals surface area contributed by atoms with E-state index in [4.69, 9.17) is 10.2 Å². The third-order valence-corrected chi connectivity index (χ3v) is 3.90. The molecule has 0 aromatic heterocycles. The van der Waals surface area contributed by atoms with Gasteiger partial charge in [-0.05, 0) is 37.5 Å². The number of rotatable bonds is 7. The lowest BCUT2D eigenvalue weighted by Crippen LogP contribution is -2.41. The molecule has 106 valence electrons. The Hall–Kier alpha value is -0.610. The summed E-state index contributed by atoms with van der Waals surface area (Å²) < 4.78 is 0. The first-order chi connectivity index (χ1) is 8.44. The van der Waals surface area contributed by atoms with Crippen molar-refractivity contribution in [3.63, 3.8) is 0 Å². The predicted octanol–water partition coefficient (Wildman–Crippen LogP) is 2.02. The largest absolute Gasteiger partial charge is 0.481 e. The number of aliphatic hydroxyl groups is 1. The van der Waals surface area contributed by atoms with Crippen molar-refractivity contribution in [3.05, 3.63) is 0 Å².